The van der Waals surface area contributed by atoms with Crippen LogP contribution in [0.3, 0.4) is 0 Å². The second-order valence-corrected chi connectivity index (χ2v) is 5.84. The summed E-state index contributed by atoms with van der Waals surface area (Å²) in [5.41, 5.74) is 1.33. The first-order chi connectivity index (χ1) is 10.2. The van der Waals surface area contributed by atoms with Gasteiger partial charge in [0.2, 0.25) is 0 Å². The number of hydrogen-bond acceptors (Lipinski definition) is 3. The van der Waals surface area contributed by atoms with Crippen LogP contribution in [0, 0.1) is 11.8 Å². The first kappa shape index (κ1) is 15.7. The molecule has 0 saturated heterocycles. The van der Waals surface area contributed by atoms with Crippen LogP contribution < -0.4 is 0 Å². The van der Waals surface area contributed by atoms with Gasteiger partial charge in [-0.2, -0.15) is 0 Å². The number of Topliss-reactive ketones (excluding diaryl/α,β-unsaturated/α-hetero) is 1. The van der Waals surface area contributed by atoms with E-state index in [1.54, 1.807) is 6.92 Å². The van der Waals surface area contributed by atoms with E-state index in [0.29, 0.717) is 37.6 Å². The zero-order valence-corrected chi connectivity index (χ0v) is 12.7. The summed E-state index contributed by atoms with van der Waals surface area (Å²) >= 11 is 0. The van der Waals surface area contributed by atoms with Crippen molar-refractivity contribution in [3.63, 3.8) is 0 Å². The lowest BCUT2D eigenvalue weighted by atomic mass is 9.76. The first-order valence-electron chi connectivity index (χ1n) is 7.91. The number of rotatable bonds is 6. The average Bonchev–Trinajstić information content (AvgIpc) is 2.49. The number of ketones is 1. The fourth-order valence-electron chi connectivity index (χ4n) is 3.14. The van der Waals surface area contributed by atoms with E-state index in [0.717, 1.165) is 19.3 Å². The van der Waals surface area contributed by atoms with Gasteiger partial charge < -0.3 is 4.74 Å². The molecule has 0 amide bonds. The van der Waals surface area contributed by atoms with Crippen LogP contribution in [-0.4, -0.2) is 18.4 Å². The third-order valence-corrected chi connectivity index (χ3v) is 4.24. The topological polar surface area (TPSA) is 43.4 Å². The standard InChI is InChI=1S/C18H24O3/c1-2-21-18(20)11-9-16-13-15(8-10-17(16)19)12-14-6-4-3-5-7-14/h3-7,15-16H,2,8-13H2,1H3. The van der Waals surface area contributed by atoms with Crippen LogP contribution in [0.5, 0.6) is 0 Å². The van der Waals surface area contributed by atoms with Crippen LogP contribution in [0.2, 0.25) is 0 Å². The number of ether oxygens (including phenoxy) is 1. The number of esters is 1. The molecule has 0 radical (unpaired) electrons. The predicted octanol–water partition coefficient (Wildman–Crippen LogP) is 3.56. The molecule has 0 aliphatic heterocycles. The summed E-state index contributed by atoms with van der Waals surface area (Å²) in [6.07, 6.45) is 4.58. The molecule has 0 N–H and O–H groups in total. The van der Waals surface area contributed by atoms with E-state index in [-0.39, 0.29) is 11.9 Å². The maximum Gasteiger partial charge on any atom is 0.305 e. The van der Waals surface area contributed by atoms with Gasteiger partial charge in [-0.15, -0.1) is 0 Å². The van der Waals surface area contributed by atoms with Gasteiger partial charge in [0.25, 0.3) is 0 Å². The maximum absolute atomic E-state index is 12.0. The lowest BCUT2D eigenvalue weighted by Crippen LogP contribution is -2.26. The Morgan fingerprint density at radius 2 is 2.05 bits per heavy atom. The van der Waals surface area contributed by atoms with Crippen LogP contribution in [0.25, 0.3) is 0 Å². The van der Waals surface area contributed by atoms with Crippen LogP contribution in [0.1, 0.15) is 44.6 Å². The van der Waals surface area contributed by atoms with Crippen molar-refractivity contribution in [1.82, 2.24) is 0 Å². The zero-order valence-electron chi connectivity index (χ0n) is 12.7. The molecule has 2 atom stereocenters. The lowest BCUT2D eigenvalue weighted by Gasteiger charge is -2.28. The van der Waals surface area contributed by atoms with E-state index in [4.69, 9.17) is 4.74 Å². The highest BCUT2D eigenvalue weighted by atomic mass is 16.5. The Morgan fingerprint density at radius 3 is 2.76 bits per heavy atom. The summed E-state index contributed by atoms with van der Waals surface area (Å²) in [4.78, 5) is 23.4. The van der Waals surface area contributed by atoms with Gasteiger partial charge >= 0.3 is 5.97 Å². The van der Waals surface area contributed by atoms with Gasteiger partial charge in [0, 0.05) is 18.8 Å². The summed E-state index contributed by atoms with van der Waals surface area (Å²) in [5, 5.41) is 0. The van der Waals surface area contributed by atoms with E-state index < -0.39 is 0 Å². The van der Waals surface area contributed by atoms with E-state index in [2.05, 4.69) is 24.3 Å². The minimum Gasteiger partial charge on any atom is -0.466 e. The molecular weight excluding hydrogens is 264 g/mol. The molecule has 3 heteroatoms. The van der Waals surface area contributed by atoms with Crippen molar-refractivity contribution in [3.05, 3.63) is 35.9 Å². The fraction of sp³-hybridized carbons (Fsp3) is 0.556. The van der Waals surface area contributed by atoms with Gasteiger partial charge in [0.15, 0.2) is 0 Å². The third-order valence-electron chi connectivity index (χ3n) is 4.24. The monoisotopic (exact) mass is 288 g/mol. The summed E-state index contributed by atoms with van der Waals surface area (Å²) in [5.74, 6) is 0.730. The number of hydrogen-bond donors (Lipinski definition) is 0. The van der Waals surface area contributed by atoms with Crippen molar-refractivity contribution in [2.24, 2.45) is 11.8 Å². The fourth-order valence-corrected chi connectivity index (χ4v) is 3.14. The predicted molar refractivity (Wildman–Crippen MR) is 81.9 cm³/mol. The normalized spacial score (nSPS) is 22.0. The maximum atomic E-state index is 12.0. The highest BCUT2D eigenvalue weighted by Gasteiger charge is 2.29. The summed E-state index contributed by atoms with van der Waals surface area (Å²) in [6.45, 7) is 2.22. The molecule has 2 unspecified atom stereocenters. The Hall–Kier alpha value is -1.64. The molecule has 0 aromatic heterocycles. The number of carbonyl (C=O) groups is 2. The second-order valence-electron chi connectivity index (χ2n) is 5.84. The van der Waals surface area contributed by atoms with Crippen molar-refractivity contribution in [1.29, 1.82) is 0 Å². The molecule has 0 bridgehead atoms. The van der Waals surface area contributed by atoms with Gasteiger partial charge in [-0.05, 0) is 44.1 Å². The molecule has 1 saturated carbocycles. The van der Waals surface area contributed by atoms with Crippen LogP contribution in [0.15, 0.2) is 30.3 Å². The van der Waals surface area contributed by atoms with Crippen molar-refractivity contribution in [2.45, 2.75) is 45.4 Å². The SMILES string of the molecule is CCOC(=O)CCC1CC(Cc2ccccc2)CCC1=O. The van der Waals surface area contributed by atoms with Gasteiger partial charge in [-0.3, -0.25) is 9.59 Å². The van der Waals surface area contributed by atoms with Gasteiger partial charge in [-0.1, -0.05) is 30.3 Å². The molecule has 1 aliphatic rings. The van der Waals surface area contributed by atoms with Gasteiger partial charge in [0.1, 0.15) is 5.78 Å². The van der Waals surface area contributed by atoms with Crippen LogP contribution >= 0.6 is 0 Å². The van der Waals surface area contributed by atoms with Crippen molar-refractivity contribution >= 4 is 11.8 Å². The molecule has 0 heterocycles. The third kappa shape index (κ3) is 5.00. The van der Waals surface area contributed by atoms with E-state index in [1.165, 1.54) is 5.56 Å². The Bertz CT molecular complexity index is 467. The molecule has 114 valence electrons. The summed E-state index contributed by atoms with van der Waals surface area (Å²) < 4.78 is 4.94. The number of benzene rings is 1. The summed E-state index contributed by atoms with van der Waals surface area (Å²) in [6, 6.07) is 10.4. The highest BCUT2D eigenvalue weighted by molar-refractivity contribution is 5.82. The van der Waals surface area contributed by atoms with Crippen molar-refractivity contribution in [3.8, 4) is 0 Å². The zero-order chi connectivity index (χ0) is 15.1. The Morgan fingerprint density at radius 1 is 1.29 bits per heavy atom. The molecule has 1 fully saturated rings. The molecule has 1 aromatic rings. The lowest BCUT2D eigenvalue weighted by molar-refractivity contribution is -0.143. The van der Waals surface area contributed by atoms with Crippen LogP contribution in [-0.2, 0) is 20.7 Å². The largest absolute Gasteiger partial charge is 0.466 e. The molecule has 3 nitrogen and oxygen atoms in total. The van der Waals surface area contributed by atoms with Crippen molar-refractivity contribution < 1.29 is 14.3 Å². The van der Waals surface area contributed by atoms with Crippen molar-refractivity contribution in [2.75, 3.05) is 6.61 Å². The molecule has 0 spiro atoms. The van der Waals surface area contributed by atoms with E-state index in [9.17, 15) is 9.59 Å². The summed E-state index contributed by atoms with van der Waals surface area (Å²) in [7, 11) is 0. The molecule has 2 rings (SSSR count). The van der Waals surface area contributed by atoms with Gasteiger partial charge in [-0.25, -0.2) is 0 Å². The van der Waals surface area contributed by atoms with E-state index >= 15 is 0 Å². The molecule has 1 aliphatic carbocycles. The molecular formula is C18H24O3. The van der Waals surface area contributed by atoms with Crippen LogP contribution in [0.4, 0.5) is 0 Å². The number of carbonyl (C=O) groups excluding carboxylic acids is 2. The van der Waals surface area contributed by atoms with Gasteiger partial charge in [0.05, 0.1) is 6.61 Å². The second kappa shape index (κ2) is 7.96. The first-order valence-corrected chi connectivity index (χ1v) is 7.91. The minimum atomic E-state index is -0.185. The average molecular weight is 288 g/mol. The molecule has 21 heavy (non-hydrogen) atoms. The smallest absolute Gasteiger partial charge is 0.305 e. The quantitative estimate of drug-likeness (QED) is 0.752. The molecule has 1 aromatic carbocycles. The van der Waals surface area contributed by atoms with E-state index in [1.807, 2.05) is 6.07 Å². The Balaban J connectivity index is 1.84. The Labute approximate surface area is 126 Å². The minimum absolute atomic E-state index is 0.0388. The highest BCUT2D eigenvalue weighted by Crippen LogP contribution is 2.31. The Kier molecular flexibility index (Phi) is 5.97.